The topological polar surface area (TPSA) is 18.5 Å². The van der Waals surface area contributed by atoms with Crippen LogP contribution in [0.2, 0.25) is 0 Å². The Bertz CT molecular complexity index is 256. The second-order valence-corrected chi connectivity index (χ2v) is 7.77. The molecule has 0 aromatic heterocycles. The molecule has 1 saturated carbocycles. The highest BCUT2D eigenvalue weighted by atomic mass is 16.5. The first-order valence-corrected chi connectivity index (χ1v) is 9.17. The van der Waals surface area contributed by atoms with Crippen LogP contribution in [0.1, 0.15) is 80.1 Å². The van der Waals surface area contributed by atoms with Gasteiger partial charge in [0.05, 0.1) is 18.3 Å². The smallest absolute Gasteiger partial charge is 0.0604 e. The van der Waals surface area contributed by atoms with E-state index in [0.29, 0.717) is 36.1 Å². The zero-order valence-corrected chi connectivity index (χ0v) is 15.2. The third-order valence-corrected chi connectivity index (χ3v) is 4.98. The first-order chi connectivity index (χ1) is 9.90. The maximum atomic E-state index is 6.37. The van der Waals surface area contributed by atoms with Gasteiger partial charge in [-0.25, -0.2) is 0 Å². The van der Waals surface area contributed by atoms with Gasteiger partial charge in [0.25, 0.3) is 0 Å². The van der Waals surface area contributed by atoms with Crippen LogP contribution in [-0.4, -0.2) is 24.9 Å². The summed E-state index contributed by atoms with van der Waals surface area (Å²) in [5.41, 5.74) is 0. The van der Waals surface area contributed by atoms with Crippen molar-refractivity contribution >= 4 is 0 Å². The van der Waals surface area contributed by atoms with E-state index in [-0.39, 0.29) is 0 Å². The lowest BCUT2D eigenvalue weighted by Gasteiger charge is -2.28. The zero-order valence-electron chi connectivity index (χ0n) is 15.2. The quantitative estimate of drug-likeness (QED) is 0.534. The molecule has 0 bridgehead atoms. The van der Waals surface area contributed by atoms with Crippen LogP contribution in [0.15, 0.2) is 0 Å². The number of hydrogen-bond donors (Lipinski definition) is 0. The van der Waals surface area contributed by atoms with Crippen molar-refractivity contribution in [1.29, 1.82) is 0 Å². The second kappa shape index (κ2) is 9.84. The van der Waals surface area contributed by atoms with Gasteiger partial charge in [-0.1, -0.05) is 47.5 Å². The summed E-state index contributed by atoms with van der Waals surface area (Å²) in [6.07, 6.45) is 8.89. The zero-order chi connectivity index (χ0) is 15.8. The molecule has 2 nitrogen and oxygen atoms in total. The fraction of sp³-hybridized carbons (Fsp3) is 1.00. The van der Waals surface area contributed by atoms with Gasteiger partial charge in [0, 0.05) is 6.61 Å². The molecule has 0 radical (unpaired) electrons. The van der Waals surface area contributed by atoms with Crippen molar-refractivity contribution in [1.82, 2.24) is 0 Å². The van der Waals surface area contributed by atoms with Crippen molar-refractivity contribution < 1.29 is 9.47 Å². The molecule has 0 spiro atoms. The molecule has 0 aliphatic heterocycles. The first-order valence-electron chi connectivity index (χ1n) is 9.17. The van der Waals surface area contributed by atoms with Gasteiger partial charge in [0.2, 0.25) is 0 Å². The van der Waals surface area contributed by atoms with E-state index in [4.69, 9.17) is 9.47 Å². The van der Waals surface area contributed by atoms with Gasteiger partial charge < -0.3 is 9.47 Å². The molecule has 1 rings (SSSR count). The van der Waals surface area contributed by atoms with Gasteiger partial charge in [-0.2, -0.15) is 0 Å². The first kappa shape index (κ1) is 19.0. The van der Waals surface area contributed by atoms with E-state index in [0.717, 1.165) is 13.0 Å². The Morgan fingerprint density at radius 2 is 1.52 bits per heavy atom. The fourth-order valence-electron chi connectivity index (χ4n) is 2.92. The minimum absolute atomic E-state index is 0.368. The summed E-state index contributed by atoms with van der Waals surface area (Å²) in [5.74, 6) is 1.90. The Hall–Kier alpha value is -0.0800. The van der Waals surface area contributed by atoms with E-state index >= 15 is 0 Å². The van der Waals surface area contributed by atoms with E-state index in [1.807, 2.05) is 0 Å². The number of rotatable bonds is 10. The van der Waals surface area contributed by atoms with Crippen molar-refractivity contribution in [2.45, 2.75) is 98.4 Å². The van der Waals surface area contributed by atoms with E-state index in [2.05, 4.69) is 41.5 Å². The van der Waals surface area contributed by atoms with Crippen LogP contribution in [0.5, 0.6) is 0 Å². The molecule has 0 aromatic carbocycles. The summed E-state index contributed by atoms with van der Waals surface area (Å²) < 4.78 is 12.3. The van der Waals surface area contributed by atoms with Crippen LogP contribution in [0, 0.1) is 17.8 Å². The van der Waals surface area contributed by atoms with Crippen LogP contribution in [0.4, 0.5) is 0 Å². The Balaban J connectivity index is 2.26. The third kappa shape index (κ3) is 7.65. The monoisotopic (exact) mass is 298 g/mol. The van der Waals surface area contributed by atoms with Crippen LogP contribution < -0.4 is 0 Å². The van der Waals surface area contributed by atoms with Crippen LogP contribution in [0.3, 0.4) is 0 Å². The lowest BCUT2D eigenvalue weighted by molar-refractivity contribution is -0.0460. The molecule has 0 saturated heterocycles. The van der Waals surface area contributed by atoms with E-state index in [9.17, 15) is 0 Å². The predicted molar refractivity (Wildman–Crippen MR) is 90.6 cm³/mol. The van der Waals surface area contributed by atoms with Crippen molar-refractivity contribution in [3.05, 3.63) is 0 Å². The van der Waals surface area contributed by atoms with Gasteiger partial charge in [0.15, 0.2) is 0 Å². The average Bonchev–Trinajstić information content (AvgIpc) is 2.90. The number of ether oxygens (including phenoxy) is 2. The van der Waals surface area contributed by atoms with Crippen molar-refractivity contribution in [2.24, 2.45) is 17.8 Å². The molecule has 21 heavy (non-hydrogen) atoms. The molecule has 126 valence electrons. The molecule has 2 heteroatoms. The molecular formula is C19H38O2. The van der Waals surface area contributed by atoms with Gasteiger partial charge >= 0.3 is 0 Å². The Morgan fingerprint density at radius 1 is 0.905 bits per heavy atom. The third-order valence-electron chi connectivity index (χ3n) is 4.98. The molecule has 1 fully saturated rings. The highest BCUT2D eigenvalue weighted by molar-refractivity contribution is 4.73. The molecule has 1 aliphatic rings. The predicted octanol–water partition coefficient (Wildman–Crippen LogP) is 5.45. The minimum Gasteiger partial charge on any atom is -0.378 e. The van der Waals surface area contributed by atoms with Gasteiger partial charge in [-0.3, -0.25) is 0 Å². The van der Waals surface area contributed by atoms with E-state index in [1.54, 1.807) is 0 Å². The molecule has 3 atom stereocenters. The van der Waals surface area contributed by atoms with Crippen molar-refractivity contribution in [3.8, 4) is 0 Å². The minimum atomic E-state index is 0.368. The normalized spacial score (nSPS) is 21.1. The van der Waals surface area contributed by atoms with Gasteiger partial charge in [0.1, 0.15) is 0 Å². The summed E-state index contributed by atoms with van der Waals surface area (Å²) >= 11 is 0. The van der Waals surface area contributed by atoms with Gasteiger partial charge in [-0.05, 0) is 50.4 Å². The average molecular weight is 299 g/mol. The lowest BCUT2D eigenvalue weighted by Crippen LogP contribution is -2.27. The van der Waals surface area contributed by atoms with Crippen molar-refractivity contribution in [3.63, 3.8) is 0 Å². The molecule has 0 heterocycles. The summed E-state index contributed by atoms with van der Waals surface area (Å²) in [4.78, 5) is 0. The largest absolute Gasteiger partial charge is 0.378 e. The Kier molecular flexibility index (Phi) is 8.89. The Morgan fingerprint density at radius 3 is 2.05 bits per heavy atom. The SMILES string of the molecule is CC(CCO[C@H](C)C(C)C)C[C@@H](OC1CCCC1)C(C)C. The van der Waals surface area contributed by atoms with Crippen LogP contribution in [0.25, 0.3) is 0 Å². The van der Waals surface area contributed by atoms with Crippen molar-refractivity contribution in [2.75, 3.05) is 6.61 Å². The number of hydrogen-bond acceptors (Lipinski definition) is 2. The summed E-state index contributed by atoms with van der Waals surface area (Å²) in [6, 6.07) is 0. The van der Waals surface area contributed by atoms with E-state index in [1.165, 1.54) is 32.1 Å². The summed E-state index contributed by atoms with van der Waals surface area (Å²) in [7, 11) is 0. The molecule has 0 N–H and O–H groups in total. The van der Waals surface area contributed by atoms with Gasteiger partial charge in [-0.15, -0.1) is 0 Å². The maximum Gasteiger partial charge on any atom is 0.0604 e. The van der Waals surface area contributed by atoms with Crippen LogP contribution in [-0.2, 0) is 9.47 Å². The summed E-state index contributed by atoms with van der Waals surface area (Å²) in [5, 5.41) is 0. The second-order valence-electron chi connectivity index (χ2n) is 7.77. The highest BCUT2D eigenvalue weighted by Crippen LogP contribution is 2.27. The maximum absolute atomic E-state index is 6.37. The molecular weight excluding hydrogens is 260 g/mol. The molecule has 1 unspecified atom stereocenters. The fourth-order valence-corrected chi connectivity index (χ4v) is 2.92. The highest BCUT2D eigenvalue weighted by Gasteiger charge is 2.24. The van der Waals surface area contributed by atoms with Crippen LogP contribution >= 0.6 is 0 Å². The molecule has 0 aromatic rings. The molecule has 0 amide bonds. The standard InChI is InChI=1S/C19H38O2/c1-14(2)17(6)20-12-11-16(5)13-19(15(3)4)21-18-9-7-8-10-18/h14-19H,7-13H2,1-6H3/t16?,17-,19-/m1/s1. The summed E-state index contributed by atoms with van der Waals surface area (Å²) in [6.45, 7) is 14.4. The molecule has 1 aliphatic carbocycles. The Labute approximate surface area is 133 Å². The lowest BCUT2D eigenvalue weighted by atomic mass is 9.93. The van der Waals surface area contributed by atoms with E-state index < -0.39 is 0 Å².